The smallest absolute Gasteiger partial charge is 0.269 e. The molecule has 0 fully saturated rings. The molecule has 0 aliphatic heterocycles. The number of sulfonamides is 1. The number of amides is 1. The molecule has 33 heavy (non-hydrogen) atoms. The number of carbonyl (C=O) groups excluding carboxylic acids is 1. The van der Waals surface area contributed by atoms with Gasteiger partial charge in [-0.2, -0.15) is 0 Å². The number of carbonyl (C=O) groups is 1. The molecule has 0 atom stereocenters. The average molecular weight is 508 g/mol. The fourth-order valence-corrected chi connectivity index (χ4v) is 5.81. The monoisotopic (exact) mass is 507 g/mol. The molecule has 0 aliphatic carbocycles. The van der Waals surface area contributed by atoms with Crippen LogP contribution in [0.15, 0.2) is 63.8 Å². The number of hydrogen-bond donors (Lipinski definition) is 1. The summed E-state index contributed by atoms with van der Waals surface area (Å²) in [6, 6.07) is 12.6. The molecule has 3 rings (SSSR count). The molecule has 1 N–H and O–H groups in total. The quantitative estimate of drug-likeness (QED) is 0.188. The molecule has 0 aliphatic rings. The van der Waals surface area contributed by atoms with Crippen LogP contribution in [0.5, 0.6) is 0 Å². The number of nitrogens with one attached hydrogen (secondary N) is 1. The molecule has 1 amide bonds. The largest absolute Gasteiger partial charge is 0.299 e. The van der Waals surface area contributed by atoms with E-state index in [1.54, 1.807) is 18.2 Å². The third kappa shape index (κ3) is 6.49. The zero-order chi connectivity index (χ0) is 24.0. The van der Waals surface area contributed by atoms with E-state index in [1.165, 1.54) is 59.5 Å². The average Bonchev–Trinajstić information content (AvgIpc) is 3.24. The van der Waals surface area contributed by atoms with Crippen LogP contribution in [0, 0.1) is 16.0 Å². The Morgan fingerprint density at radius 2 is 1.82 bits per heavy atom. The molecule has 0 radical (unpaired) electrons. The van der Waals surface area contributed by atoms with Crippen molar-refractivity contribution in [3.05, 3.63) is 64.7 Å². The Morgan fingerprint density at radius 3 is 2.42 bits per heavy atom. The number of rotatable bonds is 10. The van der Waals surface area contributed by atoms with E-state index in [-0.39, 0.29) is 21.4 Å². The molecule has 0 bridgehead atoms. The number of thioether (sulfide) groups is 1. The Morgan fingerprint density at radius 1 is 1.15 bits per heavy atom. The van der Waals surface area contributed by atoms with Gasteiger partial charge in [-0.1, -0.05) is 55.1 Å². The third-order valence-corrected chi connectivity index (χ3v) is 8.35. The normalized spacial score (nSPS) is 11.4. The Balaban J connectivity index is 1.84. The second-order valence-electron chi connectivity index (χ2n) is 7.22. The number of anilines is 2. The van der Waals surface area contributed by atoms with E-state index in [9.17, 15) is 23.3 Å². The van der Waals surface area contributed by atoms with E-state index in [4.69, 9.17) is 0 Å². The summed E-state index contributed by atoms with van der Waals surface area (Å²) in [5.41, 5.74) is -0.0782. The standard InChI is InChI=1S/C20H21N5O5S3/c1-14(2)13-31-20-23-22-19(32-20)21-18(26)12-24(15-8-10-16(11-9-15)25(27)28)33(29,30)17-6-4-3-5-7-17/h3-11,14H,12-13H2,1-2H3,(H,21,22,26). The summed E-state index contributed by atoms with van der Waals surface area (Å²) < 4.78 is 28.1. The number of nitro groups is 1. The van der Waals surface area contributed by atoms with Crippen LogP contribution in [-0.4, -0.2) is 41.7 Å². The molecule has 13 heteroatoms. The van der Waals surface area contributed by atoms with Gasteiger partial charge in [-0.15, -0.1) is 10.2 Å². The van der Waals surface area contributed by atoms with E-state index < -0.39 is 27.4 Å². The second kappa shape index (κ2) is 10.7. The maximum atomic E-state index is 13.3. The number of non-ortho nitro benzene ring substituents is 1. The fourth-order valence-electron chi connectivity index (χ4n) is 2.62. The van der Waals surface area contributed by atoms with Gasteiger partial charge in [0, 0.05) is 17.9 Å². The minimum absolute atomic E-state index is 0.0144. The van der Waals surface area contributed by atoms with Gasteiger partial charge < -0.3 is 0 Å². The van der Waals surface area contributed by atoms with Crippen LogP contribution in [0.1, 0.15) is 13.8 Å². The highest BCUT2D eigenvalue weighted by Gasteiger charge is 2.28. The van der Waals surface area contributed by atoms with Gasteiger partial charge in [0.15, 0.2) is 4.34 Å². The molecule has 174 valence electrons. The Bertz CT molecular complexity index is 1210. The summed E-state index contributed by atoms with van der Waals surface area (Å²) in [5, 5.41) is 21.8. The van der Waals surface area contributed by atoms with Crippen LogP contribution in [0.25, 0.3) is 0 Å². The molecular formula is C20H21N5O5S3. The SMILES string of the molecule is CC(C)CSc1nnc(NC(=O)CN(c2ccc([N+](=O)[O-])cc2)S(=O)(=O)c2ccccc2)s1. The molecular weight excluding hydrogens is 486 g/mol. The Kier molecular flexibility index (Phi) is 8.00. The van der Waals surface area contributed by atoms with Gasteiger partial charge >= 0.3 is 0 Å². The minimum Gasteiger partial charge on any atom is -0.299 e. The van der Waals surface area contributed by atoms with E-state index in [0.717, 1.165) is 10.1 Å². The highest BCUT2D eigenvalue weighted by molar-refractivity contribution is 8.01. The maximum absolute atomic E-state index is 13.3. The zero-order valence-electron chi connectivity index (χ0n) is 17.7. The van der Waals surface area contributed by atoms with Gasteiger partial charge in [0.05, 0.1) is 15.5 Å². The van der Waals surface area contributed by atoms with Crippen LogP contribution in [0.4, 0.5) is 16.5 Å². The van der Waals surface area contributed by atoms with Gasteiger partial charge in [-0.3, -0.25) is 24.5 Å². The van der Waals surface area contributed by atoms with Crippen molar-refractivity contribution in [1.29, 1.82) is 0 Å². The summed E-state index contributed by atoms with van der Waals surface area (Å²) >= 11 is 2.73. The highest BCUT2D eigenvalue weighted by Crippen LogP contribution is 2.28. The molecule has 3 aromatic rings. The Hall–Kier alpha value is -3.03. The topological polar surface area (TPSA) is 135 Å². The lowest BCUT2D eigenvalue weighted by Crippen LogP contribution is -2.38. The van der Waals surface area contributed by atoms with Gasteiger partial charge in [0.2, 0.25) is 11.0 Å². The Labute approximate surface area is 199 Å². The predicted octanol–water partition coefficient (Wildman–Crippen LogP) is 4.03. The van der Waals surface area contributed by atoms with Crippen LogP contribution in [0.2, 0.25) is 0 Å². The van der Waals surface area contributed by atoms with Gasteiger partial charge in [0.1, 0.15) is 6.54 Å². The number of nitro benzene ring substituents is 1. The number of hydrogen-bond acceptors (Lipinski definition) is 9. The molecule has 0 unspecified atom stereocenters. The van der Waals surface area contributed by atoms with E-state index in [1.807, 2.05) is 0 Å². The lowest BCUT2D eigenvalue weighted by atomic mass is 10.3. The summed E-state index contributed by atoms with van der Waals surface area (Å²) in [6.45, 7) is 3.61. The zero-order valence-corrected chi connectivity index (χ0v) is 20.2. The van der Waals surface area contributed by atoms with E-state index in [2.05, 4.69) is 29.4 Å². The summed E-state index contributed by atoms with van der Waals surface area (Å²) in [7, 11) is -4.12. The first-order valence-corrected chi connectivity index (χ1v) is 13.0. The van der Waals surface area contributed by atoms with Crippen LogP contribution < -0.4 is 9.62 Å². The summed E-state index contributed by atoms with van der Waals surface area (Å²) in [5.74, 6) is 0.700. The maximum Gasteiger partial charge on any atom is 0.269 e. The van der Waals surface area contributed by atoms with Crippen molar-refractivity contribution < 1.29 is 18.1 Å². The van der Waals surface area contributed by atoms with Crippen molar-refractivity contribution >= 4 is 55.5 Å². The lowest BCUT2D eigenvalue weighted by Gasteiger charge is -2.23. The first kappa shape index (κ1) is 24.6. The van der Waals surface area contributed by atoms with Gasteiger partial charge in [-0.25, -0.2) is 8.42 Å². The minimum atomic E-state index is -4.12. The van der Waals surface area contributed by atoms with Crippen LogP contribution >= 0.6 is 23.1 Å². The predicted molar refractivity (Wildman–Crippen MR) is 128 cm³/mol. The second-order valence-corrected chi connectivity index (χ2v) is 11.3. The first-order valence-electron chi connectivity index (χ1n) is 9.75. The van der Waals surface area contributed by atoms with Crippen LogP contribution in [-0.2, 0) is 14.8 Å². The molecule has 0 saturated carbocycles. The summed E-state index contributed by atoms with van der Waals surface area (Å²) in [6.07, 6.45) is 0. The van der Waals surface area contributed by atoms with E-state index >= 15 is 0 Å². The van der Waals surface area contributed by atoms with Crippen LogP contribution in [0.3, 0.4) is 0 Å². The fraction of sp³-hybridized carbons (Fsp3) is 0.250. The third-order valence-electron chi connectivity index (χ3n) is 4.16. The van der Waals surface area contributed by atoms with Crippen molar-refractivity contribution in [2.24, 2.45) is 5.92 Å². The van der Waals surface area contributed by atoms with Crippen molar-refractivity contribution in [3.8, 4) is 0 Å². The lowest BCUT2D eigenvalue weighted by molar-refractivity contribution is -0.384. The van der Waals surface area contributed by atoms with Crippen molar-refractivity contribution in [1.82, 2.24) is 10.2 Å². The molecule has 1 aromatic heterocycles. The summed E-state index contributed by atoms with van der Waals surface area (Å²) in [4.78, 5) is 23.1. The number of aromatic nitrogens is 2. The number of nitrogens with zero attached hydrogens (tertiary/aromatic N) is 4. The van der Waals surface area contributed by atoms with Crippen molar-refractivity contribution in [2.45, 2.75) is 23.1 Å². The molecule has 0 spiro atoms. The van der Waals surface area contributed by atoms with Crippen molar-refractivity contribution in [3.63, 3.8) is 0 Å². The number of benzene rings is 2. The molecule has 1 heterocycles. The highest BCUT2D eigenvalue weighted by atomic mass is 32.2. The van der Waals surface area contributed by atoms with Gasteiger partial charge in [-0.05, 0) is 30.2 Å². The van der Waals surface area contributed by atoms with Gasteiger partial charge in [0.25, 0.3) is 15.7 Å². The molecule has 2 aromatic carbocycles. The molecule has 0 saturated heterocycles. The first-order chi connectivity index (χ1) is 15.7. The van der Waals surface area contributed by atoms with E-state index in [0.29, 0.717) is 10.3 Å². The molecule has 10 nitrogen and oxygen atoms in total. The van der Waals surface area contributed by atoms with Crippen molar-refractivity contribution in [2.75, 3.05) is 21.9 Å².